The molecule has 33 heavy (non-hydrogen) atoms. The van der Waals surface area contributed by atoms with E-state index in [1.807, 2.05) is 0 Å². The van der Waals surface area contributed by atoms with Crippen molar-refractivity contribution in [1.29, 1.82) is 0 Å². The minimum Gasteiger partial charge on any atom is -0.444 e. The fourth-order valence-electron chi connectivity index (χ4n) is 3.85. The first-order chi connectivity index (χ1) is 15.5. The lowest BCUT2D eigenvalue weighted by Crippen LogP contribution is -2.56. The third-order valence-electron chi connectivity index (χ3n) is 5.52. The third-order valence-corrected chi connectivity index (χ3v) is 5.52. The summed E-state index contributed by atoms with van der Waals surface area (Å²) in [6.07, 6.45) is -0.452. The van der Waals surface area contributed by atoms with Gasteiger partial charge in [-0.3, -0.25) is 24.1 Å². The van der Waals surface area contributed by atoms with Gasteiger partial charge in [0.1, 0.15) is 11.6 Å². The van der Waals surface area contributed by atoms with E-state index >= 15 is 0 Å². The van der Waals surface area contributed by atoms with Crippen molar-refractivity contribution in [2.45, 2.75) is 45.8 Å². The number of alkyl carbamates (subject to hydrolysis) is 1. The summed E-state index contributed by atoms with van der Waals surface area (Å²) in [5, 5.41) is 2.56. The molecule has 0 spiro atoms. The number of nitrogens with one attached hydrogen (secondary N) is 1. The van der Waals surface area contributed by atoms with Crippen molar-refractivity contribution in [2.24, 2.45) is 0 Å². The van der Waals surface area contributed by atoms with Crippen LogP contribution < -0.4 is 5.32 Å². The Kier molecular flexibility index (Phi) is 7.04. The molecule has 5 amide bonds. The largest absolute Gasteiger partial charge is 0.444 e. The predicted octanol–water partition coefficient (Wildman–Crippen LogP) is 1.26. The van der Waals surface area contributed by atoms with Crippen LogP contribution in [0.1, 0.15) is 54.8 Å². The molecule has 1 aromatic carbocycles. The smallest absolute Gasteiger partial charge is 0.407 e. The Bertz CT molecular complexity index is 927. The molecular weight excluding hydrogens is 428 g/mol. The Labute approximate surface area is 192 Å². The van der Waals surface area contributed by atoms with Gasteiger partial charge in [-0.05, 0) is 39.8 Å². The van der Waals surface area contributed by atoms with Gasteiger partial charge in [-0.15, -0.1) is 0 Å². The molecule has 0 radical (unpaired) electrons. The molecule has 2 aliphatic heterocycles. The molecule has 1 aromatic rings. The first-order valence-electron chi connectivity index (χ1n) is 11.0. The van der Waals surface area contributed by atoms with Gasteiger partial charge in [0.15, 0.2) is 0 Å². The Hall–Kier alpha value is -3.43. The molecule has 1 saturated heterocycles. The van der Waals surface area contributed by atoms with Gasteiger partial charge >= 0.3 is 6.09 Å². The van der Waals surface area contributed by atoms with Crippen molar-refractivity contribution in [3.8, 4) is 0 Å². The van der Waals surface area contributed by atoms with Gasteiger partial charge in [0.25, 0.3) is 11.8 Å². The molecule has 1 unspecified atom stereocenters. The van der Waals surface area contributed by atoms with E-state index in [0.29, 0.717) is 37.3 Å². The zero-order valence-electron chi connectivity index (χ0n) is 19.4. The van der Waals surface area contributed by atoms with Crippen molar-refractivity contribution in [3.05, 3.63) is 35.4 Å². The van der Waals surface area contributed by atoms with Crippen LogP contribution in [0.15, 0.2) is 24.3 Å². The number of carbonyl (C=O) groups is 5. The second-order valence-electron chi connectivity index (χ2n) is 9.09. The summed E-state index contributed by atoms with van der Waals surface area (Å²) < 4.78 is 5.13. The fraction of sp³-hybridized carbons (Fsp3) is 0.522. The molecule has 2 aliphatic rings. The third kappa shape index (κ3) is 5.50. The lowest BCUT2D eigenvalue weighted by Gasteiger charge is -2.37. The van der Waals surface area contributed by atoms with Gasteiger partial charge < -0.3 is 19.9 Å². The lowest BCUT2D eigenvalue weighted by atomic mass is 10.1. The zero-order valence-corrected chi connectivity index (χ0v) is 19.4. The van der Waals surface area contributed by atoms with Crippen molar-refractivity contribution >= 4 is 29.7 Å². The fourth-order valence-corrected chi connectivity index (χ4v) is 3.85. The number of rotatable bonds is 5. The Balaban J connectivity index is 1.47. The van der Waals surface area contributed by atoms with Gasteiger partial charge in [0.05, 0.1) is 11.1 Å². The molecule has 2 heterocycles. The molecule has 0 aliphatic carbocycles. The molecule has 0 saturated carbocycles. The second kappa shape index (κ2) is 9.60. The highest BCUT2D eigenvalue weighted by Crippen LogP contribution is 2.25. The summed E-state index contributed by atoms with van der Waals surface area (Å²) >= 11 is 0. The highest BCUT2D eigenvalue weighted by molar-refractivity contribution is 6.22. The average molecular weight is 459 g/mol. The van der Waals surface area contributed by atoms with Crippen molar-refractivity contribution in [2.75, 3.05) is 32.7 Å². The van der Waals surface area contributed by atoms with Crippen LogP contribution in [-0.4, -0.2) is 88.8 Å². The van der Waals surface area contributed by atoms with Crippen LogP contribution in [0.4, 0.5) is 4.79 Å². The molecule has 0 aromatic heterocycles. The first kappa shape index (κ1) is 24.2. The van der Waals surface area contributed by atoms with E-state index in [1.54, 1.807) is 61.8 Å². The van der Waals surface area contributed by atoms with Crippen molar-refractivity contribution in [1.82, 2.24) is 20.0 Å². The van der Waals surface area contributed by atoms with Crippen LogP contribution in [-0.2, 0) is 14.3 Å². The van der Waals surface area contributed by atoms with E-state index in [2.05, 4.69) is 5.32 Å². The van der Waals surface area contributed by atoms with Crippen LogP contribution in [0.25, 0.3) is 0 Å². The number of piperazine rings is 1. The van der Waals surface area contributed by atoms with Crippen LogP contribution in [0.3, 0.4) is 0 Å². The minimum absolute atomic E-state index is 0.124. The number of nitrogens with zero attached hydrogens (tertiary/aromatic N) is 3. The van der Waals surface area contributed by atoms with E-state index in [4.69, 9.17) is 4.74 Å². The summed E-state index contributed by atoms with van der Waals surface area (Å²) in [5.41, 5.74) is -0.00335. The number of hydrogen-bond acceptors (Lipinski definition) is 6. The summed E-state index contributed by atoms with van der Waals surface area (Å²) in [6.45, 7) is 8.26. The monoisotopic (exact) mass is 458 g/mol. The summed E-state index contributed by atoms with van der Waals surface area (Å²) in [6, 6.07) is 5.58. The van der Waals surface area contributed by atoms with Crippen molar-refractivity contribution in [3.63, 3.8) is 0 Å². The number of carbonyl (C=O) groups excluding carboxylic acids is 5. The molecule has 1 N–H and O–H groups in total. The number of fused-ring (bicyclic) bond motifs is 1. The summed E-state index contributed by atoms with van der Waals surface area (Å²) in [7, 11) is 0. The summed E-state index contributed by atoms with van der Waals surface area (Å²) in [4.78, 5) is 66.6. The molecular formula is C23H30N4O6. The molecule has 10 nitrogen and oxygen atoms in total. The number of amides is 5. The van der Waals surface area contributed by atoms with Gasteiger partial charge in [-0.25, -0.2) is 4.79 Å². The molecule has 1 atom stereocenters. The minimum atomic E-state index is -0.933. The molecule has 10 heteroatoms. The highest BCUT2D eigenvalue weighted by atomic mass is 16.6. The van der Waals surface area contributed by atoms with Crippen molar-refractivity contribution < 1.29 is 28.7 Å². The van der Waals surface area contributed by atoms with Crippen LogP contribution in [0.2, 0.25) is 0 Å². The normalized spacial score (nSPS) is 17.0. The SMILES string of the molecule is CC(C(=O)N1CCN(C(=O)CCNC(=O)OC(C)(C)C)CC1)N1C(=O)c2ccccc2C1=O. The maximum absolute atomic E-state index is 13.0. The zero-order chi connectivity index (χ0) is 24.3. The van der Waals surface area contributed by atoms with E-state index in [1.165, 1.54) is 0 Å². The molecule has 1 fully saturated rings. The van der Waals surface area contributed by atoms with Gasteiger partial charge in [-0.1, -0.05) is 12.1 Å². The number of benzene rings is 1. The van der Waals surface area contributed by atoms with E-state index < -0.39 is 29.6 Å². The van der Waals surface area contributed by atoms with E-state index in [-0.39, 0.29) is 24.8 Å². The quantitative estimate of drug-likeness (QED) is 0.664. The number of hydrogen-bond donors (Lipinski definition) is 1. The van der Waals surface area contributed by atoms with Crippen LogP contribution in [0, 0.1) is 0 Å². The van der Waals surface area contributed by atoms with Crippen LogP contribution >= 0.6 is 0 Å². The predicted molar refractivity (Wildman–Crippen MR) is 118 cm³/mol. The van der Waals surface area contributed by atoms with Crippen LogP contribution in [0.5, 0.6) is 0 Å². The number of imide groups is 1. The molecule has 0 bridgehead atoms. The van der Waals surface area contributed by atoms with Gasteiger partial charge in [0.2, 0.25) is 11.8 Å². The maximum atomic E-state index is 13.0. The van der Waals surface area contributed by atoms with Gasteiger partial charge in [-0.2, -0.15) is 0 Å². The maximum Gasteiger partial charge on any atom is 0.407 e. The summed E-state index contributed by atoms with van der Waals surface area (Å²) in [5.74, 6) is -1.40. The van der Waals surface area contributed by atoms with E-state index in [0.717, 1.165) is 4.90 Å². The second-order valence-corrected chi connectivity index (χ2v) is 9.09. The first-order valence-corrected chi connectivity index (χ1v) is 11.0. The topological polar surface area (TPSA) is 116 Å². The Morgan fingerprint density at radius 2 is 1.48 bits per heavy atom. The average Bonchev–Trinajstić information content (AvgIpc) is 3.02. The molecule has 178 valence electrons. The number of ether oxygens (including phenoxy) is 1. The van der Waals surface area contributed by atoms with E-state index in [9.17, 15) is 24.0 Å². The Morgan fingerprint density at radius 3 is 2.00 bits per heavy atom. The van der Waals surface area contributed by atoms with Gasteiger partial charge in [0, 0.05) is 39.1 Å². The highest BCUT2D eigenvalue weighted by Gasteiger charge is 2.42. The lowest BCUT2D eigenvalue weighted by molar-refractivity contribution is -0.141. The Morgan fingerprint density at radius 1 is 0.970 bits per heavy atom. The standard InChI is InChI=1S/C23H30N4O6/c1-15(27-20(30)16-7-5-6-8-17(16)21(27)31)19(29)26-13-11-25(12-14-26)18(28)9-10-24-22(32)33-23(2,3)4/h5-8,15H,9-14H2,1-4H3,(H,24,32). The molecule has 3 rings (SSSR count).